The molecule has 0 saturated carbocycles. The van der Waals surface area contributed by atoms with Gasteiger partial charge in [0.05, 0.1) is 12.0 Å². The van der Waals surface area contributed by atoms with Crippen molar-refractivity contribution in [2.75, 3.05) is 7.11 Å². The zero-order valence-electron chi connectivity index (χ0n) is 18.6. The van der Waals surface area contributed by atoms with Crippen LogP contribution in [0.2, 0.25) is 0 Å². The number of methoxy groups -OCH3 is 1. The lowest BCUT2D eigenvalue weighted by molar-refractivity contribution is -0.161. The fourth-order valence-electron chi connectivity index (χ4n) is 3.01. The van der Waals surface area contributed by atoms with Crippen molar-refractivity contribution < 1.29 is 27.1 Å². The first-order chi connectivity index (χ1) is 14.4. The first-order valence-electron chi connectivity index (χ1n) is 9.85. The number of benzene rings is 1. The molecule has 170 valence electrons. The van der Waals surface area contributed by atoms with Gasteiger partial charge in [-0.15, -0.1) is 0 Å². The van der Waals surface area contributed by atoms with Crippen LogP contribution in [0.4, 0.5) is 4.39 Å². The maximum Gasteiger partial charge on any atom is 0.325 e. The Morgan fingerprint density at radius 1 is 1.16 bits per heavy atom. The van der Waals surface area contributed by atoms with Crippen LogP contribution in [0.3, 0.4) is 0 Å². The van der Waals surface area contributed by atoms with Crippen LogP contribution in [-0.4, -0.2) is 42.4 Å². The van der Waals surface area contributed by atoms with Gasteiger partial charge in [0.2, 0.25) is 16.0 Å². The van der Waals surface area contributed by atoms with E-state index in [-0.39, 0.29) is 17.0 Å². The highest BCUT2D eigenvalue weighted by atomic mass is 32.2. The van der Waals surface area contributed by atoms with Gasteiger partial charge >= 0.3 is 5.97 Å². The van der Waals surface area contributed by atoms with Crippen LogP contribution in [0.1, 0.15) is 40.2 Å². The first-order valence-corrected chi connectivity index (χ1v) is 11.3. The second-order valence-electron chi connectivity index (χ2n) is 8.40. The van der Waals surface area contributed by atoms with Crippen molar-refractivity contribution in [1.29, 1.82) is 0 Å². The summed E-state index contributed by atoms with van der Waals surface area (Å²) in [6, 6.07) is 7.55. The molecule has 0 amide bonds. The maximum atomic E-state index is 14.3. The molecule has 1 atom stereocenters. The number of rotatable bonds is 8. The molecule has 2 aromatic rings. The Kier molecular flexibility index (Phi) is 7.77. The normalized spacial score (nSPS) is 13.3. The number of pyridine rings is 1. The maximum absolute atomic E-state index is 14.3. The van der Waals surface area contributed by atoms with Gasteiger partial charge < -0.3 is 9.47 Å². The number of carbonyl (C=O) groups excluding carboxylic acids is 1. The lowest BCUT2D eigenvalue weighted by atomic mass is 10.0. The van der Waals surface area contributed by atoms with E-state index in [0.717, 1.165) is 4.31 Å². The molecule has 9 heteroatoms. The van der Waals surface area contributed by atoms with E-state index in [2.05, 4.69) is 4.98 Å². The Balaban J connectivity index is 2.59. The van der Waals surface area contributed by atoms with E-state index in [4.69, 9.17) is 9.47 Å². The summed E-state index contributed by atoms with van der Waals surface area (Å²) in [5.74, 6) is -1.47. The first kappa shape index (κ1) is 24.7. The highest BCUT2D eigenvalue weighted by molar-refractivity contribution is 7.89. The average Bonchev–Trinajstić information content (AvgIpc) is 2.67. The number of halogens is 1. The van der Waals surface area contributed by atoms with Gasteiger partial charge in [-0.2, -0.15) is 8.70 Å². The van der Waals surface area contributed by atoms with Gasteiger partial charge in [0.1, 0.15) is 17.4 Å². The third kappa shape index (κ3) is 6.24. The number of sulfonamides is 1. The fourth-order valence-corrected chi connectivity index (χ4v) is 4.69. The van der Waals surface area contributed by atoms with Crippen LogP contribution in [-0.2, 0) is 26.1 Å². The molecule has 0 bridgehead atoms. The van der Waals surface area contributed by atoms with Crippen LogP contribution in [0.5, 0.6) is 5.75 Å². The lowest BCUT2D eigenvalue weighted by Gasteiger charge is -2.34. The molecule has 0 aliphatic carbocycles. The van der Waals surface area contributed by atoms with Crippen molar-refractivity contribution in [3.8, 4) is 5.75 Å². The Hall–Kier alpha value is -2.52. The van der Waals surface area contributed by atoms with Crippen molar-refractivity contribution in [2.45, 2.75) is 57.7 Å². The Morgan fingerprint density at radius 2 is 1.77 bits per heavy atom. The number of aromatic nitrogens is 1. The largest absolute Gasteiger partial charge is 0.497 e. The van der Waals surface area contributed by atoms with Crippen molar-refractivity contribution in [2.24, 2.45) is 5.92 Å². The van der Waals surface area contributed by atoms with Crippen LogP contribution >= 0.6 is 0 Å². The molecular formula is C22H29FN2O5S. The van der Waals surface area contributed by atoms with Gasteiger partial charge in [0.25, 0.3) is 0 Å². The SMILES string of the molecule is COc1ccc(S(=O)(=O)N(Cc2cccnc2F)[C@@H](C(=O)OC(C)(C)C)C(C)C)cc1. The molecule has 0 fully saturated rings. The standard InChI is InChI=1S/C22H29FN2O5S/c1-15(2)19(21(26)30-22(3,4)5)25(14-16-8-7-13-24-20(16)23)31(27,28)18-11-9-17(29-6)10-12-18/h7-13,15,19H,14H2,1-6H3/t19-/m1/s1. The quantitative estimate of drug-likeness (QED) is 0.448. The van der Waals surface area contributed by atoms with Gasteiger partial charge in [0.15, 0.2) is 0 Å². The monoisotopic (exact) mass is 452 g/mol. The second-order valence-corrected chi connectivity index (χ2v) is 10.3. The molecule has 1 aromatic carbocycles. The predicted molar refractivity (Wildman–Crippen MR) is 114 cm³/mol. The van der Waals surface area contributed by atoms with Crippen LogP contribution in [0.25, 0.3) is 0 Å². The molecule has 0 spiro atoms. The zero-order chi connectivity index (χ0) is 23.4. The van der Waals surface area contributed by atoms with Gasteiger partial charge in [-0.3, -0.25) is 4.79 Å². The zero-order valence-corrected chi connectivity index (χ0v) is 19.4. The third-order valence-electron chi connectivity index (χ3n) is 4.42. The summed E-state index contributed by atoms with van der Waals surface area (Å²) in [6.45, 7) is 8.15. The molecule has 0 saturated heterocycles. The smallest absolute Gasteiger partial charge is 0.325 e. The molecule has 0 unspecified atom stereocenters. The minimum atomic E-state index is -4.20. The molecule has 31 heavy (non-hydrogen) atoms. The van der Waals surface area contributed by atoms with E-state index in [1.165, 1.54) is 49.7 Å². The number of hydrogen-bond donors (Lipinski definition) is 0. The Morgan fingerprint density at radius 3 is 2.26 bits per heavy atom. The lowest BCUT2D eigenvalue weighted by Crippen LogP contribution is -2.49. The van der Waals surface area contributed by atoms with E-state index in [0.29, 0.717) is 5.75 Å². The minimum Gasteiger partial charge on any atom is -0.497 e. The van der Waals surface area contributed by atoms with Gasteiger partial charge in [-0.05, 0) is 57.0 Å². The molecule has 1 aromatic heterocycles. The molecule has 0 aliphatic heterocycles. The molecule has 2 rings (SSSR count). The predicted octanol–water partition coefficient (Wildman–Crippen LogP) is 3.79. The number of ether oxygens (including phenoxy) is 2. The molecular weight excluding hydrogens is 423 g/mol. The molecule has 1 heterocycles. The van der Waals surface area contributed by atoms with E-state index in [1.54, 1.807) is 34.6 Å². The van der Waals surface area contributed by atoms with Crippen LogP contribution in [0, 0.1) is 11.9 Å². The van der Waals surface area contributed by atoms with Gasteiger partial charge in [-0.25, -0.2) is 13.4 Å². The van der Waals surface area contributed by atoms with E-state index >= 15 is 0 Å². The summed E-state index contributed by atoms with van der Waals surface area (Å²) in [5, 5.41) is 0. The Bertz CT molecular complexity index is 1000. The summed E-state index contributed by atoms with van der Waals surface area (Å²) in [7, 11) is -2.73. The molecule has 7 nitrogen and oxygen atoms in total. The summed E-state index contributed by atoms with van der Waals surface area (Å²) in [5.41, 5.74) is -0.770. The highest BCUT2D eigenvalue weighted by Gasteiger charge is 2.40. The summed E-state index contributed by atoms with van der Waals surface area (Å²) in [4.78, 5) is 16.6. The third-order valence-corrected chi connectivity index (χ3v) is 6.26. The van der Waals surface area contributed by atoms with Gasteiger partial charge in [0, 0.05) is 18.3 Å². The van der Waals surface area contributed by atoms with Crippen LogP contribution < -0.4 is 4.74 Å². The summed E-state index contributed by atoms with van der Waals surface area (Å²) < 4.78 is 53.1. The number of carbonyl (C=O) groups is 1. The van der Waals surface area contributed by atoms with Gasteiger partial charge in [-0.1, -0.05) is 19.9 Å². The molecule has 0 N–H and O–H groups in total. The van der Waals surface area contributed by atoms with Crippen molar-refractivity contribution in [3.63, 3.8) is 0 Å². The Labute approximate surface area is 183 Å². The second kappa shape index (κ2) is 9.74. The van der Waals surface area contributed by atoms with Crippen molar-refractivity contribution in [1.82, 2.24) is 9.29 Å². The van der Waals surface area contributed by atoms with E-state index in [9.17, 15) is 17.6 Å². The summed E-state index contributed by atoms with van der Waals surface area (Å²) in [6.07, 6.45) is 1.27. The van der Waals surface area contributed by atoms with Crippen molar-refractivity contribution >= 4 is 16.0 Å². The highest BCUT2D eigenvalue weighted by Crippen LogP contribution is 2.28. The summed E-state index contributed by atoms with van der Waals surface area (Å²) >= 11 is 0. The molecule has 0 radical (unpaired) electrons. The topological polar surface area (TPSA) is 85.8 Å². The fraction of sp³-hybridized carbons (Fsp3) is 0.455. The molecule has 0 aliphatic rings. The van der Waals surface area contributed by atoms with Crippen LogP contribution in [0.15, 0.2) is 47.5 Å². The number of hydrogen-bond acceptors (Lipinski definition) is 6. The minimum absolute atomic E-state index is 0.0493. The number of esters is 1. The van der Waals surface area contributed by atoms with Crippen molar-refractivity contribution in [3.05, 3.63) is 54.1 Å². The number of nitrogens with zero attached hydrogens (tertiary/aromatic N) is 2. The van der Waals surface area contributed by atoms with E-state index < -0.39 is 39.5 Å². The van der Waals surface area contributed by atoms with E-state index in [1.807, 2.05) is 0 Å². The average molecular weight is 453 g/mol.